The van der Waals surface area contributed by atoms with Crippen LogP contribution in [0.2, 0.25) is 0 Å². The van der Waals surface area contributed by atoms with E-state index >= 15 is 0 Å². The van der Waals surface area contributed by atoms with Crippen molar-refractivity contribution in [3.63, 3.8) is 0 Å². The molecule has 0 saturated heterocycles. The van der Waals surface area contributed by atoms with Crippen molar-refractivity contribution < 1.29 is 14.7 Å². The summed E-state index contributed by atoms with van der Waals surface area (Å²) in [5.74, 6) is -0.825. The number of benzene rings is 2. The van der Waals surface area contributed by atoms with Crippen molar-refractivity contribution in [1.82, 2.24) is 5.43 Å². The van der Waals surface area contributed by atoms with E-state index in [4.69, 9.17) is 0 Å². The molecule has 0 unspecified atom stereocenters. The van der Waals surface area contributed by atoms with E-state index < -0.39 is 11.8 Å². The quantitative estimate of drug-likeness (QED) is 0.448. The molecule has 0 heterocycles. The van der Waals surface area contributed by atoms with Crippen molar-refractivity contribution in [1.29, 1.82) is 0 Å². The molecule has 6 heteroatoms. The predicted molar refractivity (Wildman–Crippen MR) is 93.0 cm³/mol. The molecule has 0 fully saturated rings. The maximum absolute atomic E-state index is 11.8. The van der Waals surface area contributed by atoms with Crippen molar-refractivity contribution in [2.45, 2.75) is 20.3 Å². The third-order valence-electron chi connectivity index (χ3n) is 3.38. The van der Waals surface area contributed by atoms with Crippen LogP contribution in [-0.2, 0) is 9.59 Å². The van der Waals surface area contributed by atoms with Gasteiger partial charge in [0.25, 0.3) is 0 Å². The highest BCUT2D eigenvalue weighted by Crippen LogP contribution is 2.14. The second kappa shape index (κ2) is 7.92. The maximum Gasteiger partial charge on any atom is 0.249 e. The van der Waals surface area contributed by atoms with Crippen molar-refractivity contribution >= 4 is 23.7 Å². The number of amides is 2. The van der Waals surface area contributed by atoms with E-state index in [2.05, 4.69) is 15.8 Å². The van der Waals surface area contributed by atoms with Crippen molar-refractivity contribution in [2.75, 3.05) is 5.32 Å². The molecule has 124 valence electrons. The summed E-state index contributed by atoms with van der Waals surface area (Å²) in [6.45, 7) is 3.94. The summed E-state index contributed by atoms with van der Waals surface area (Å²) >= 11 is 0. The van der Waals surface area contributed by atoms with Gasteiger partial charge in [-0.05, 0) is 54.8 Å². The fourth-order valence-electron chi connectivity index (χ4n) is 1.99. The Bertz CT molecular complexity index is 785. The van der Waals surface area contributed by atoms with Gasteiger partial charge in [0.1, 0.15) is 12.2 Å². The van der Waals surface area contributed by atoms with Crippen LogP contribution in [0.1, 0.15) is 23.1 Å². The molecule has 3 N–H and O–H groups in total. The molecule has 2 rings (SSSR count). The predicted octanol–water partition coefficient (Wildman–Crippen LogP) is 2.49. The smallest absolute Gasteiger partial charge is 0.249 e. The van der Waals surface area contributed by atoms with Crippen LogP contribution in [0.15, 0.2) is 47.6 Å². The minimum Gasteiger partial charge on any atom is -0.508 e. The van der Waals surface area contributed by atoms with Crippen LogP contribution in [0.4, 0.5) is 5.69 Å². The molecule has 0 saturated carbocycles. The van der Waals surface area contributed by atoms with E-state index in [1.807, 2.05) is 26.0 Å². The Morgan fingerprint density at radius 1 is 1.08 bits per heavy atom. The second-order valence-electron chi connectivity index (χ2n) is 5.41. The van der Waals surface area contributed by atoms with Gasteiger partial charge in [0.05, 0.1) is 6.21 Å². The lowest BCUT2D eigenvalue weighted by Crippen LogP contribution is -2.24. The van der Waals surface area contributed by atoms with Gasteiger partial charge in [-0.15, -0.1) is 0 Å². The highest BCUT2D eigenvalue weighted by Gasteiger charge is 2.09. The van der Waals surface area contributed by atoms with E-state index in [-0.39, 0.29) is 12.2 Å². The SMILES string of the molecule is Cc1ccc(NC(=O)CC(=O)NN=Cc2cccc(O)c2)cc1C. The Morgan fingerprint density at radius 2 is 1.88 bits per heavy atom. The third kappa shape index (κ3) is 5.24. The molecular weight excluding hydrogens is 306 g/mol. The lowest BCUT2D eigenvalue weighted by Gasteiger charge is -2.07. The molecule has 0 aliphatic carbocycles. The van der Waals surface area contributed by atoms with Gasteiger partial charge in [0.15, 0.2) is 0 Å². The van der Waals surface area contributed by atoms with Gasteiger partial charge in [0, 0.05) is 5.69 Å². The number of anilines is 1. The molecule has 6 nitrogen and oxygen atoms in total. The van der Waals surface area contributed by atoms with Gasteiger partial charge in [-0.3, -0.25) is 9.59 Å². The highest BCUT2D eigenvalue weighted by atomic mass is 16.3. The molecule has 0 aromatic heterocycles. The highest BCUT2D eigenvalue weighted by molar-refractivity contribution is 6.03. The van der Waals surface area contributed by atoms with Crippen LogP contribution in [0.3, 0.4) is 0 Å². The summed E-state index contributed by atoms with van der Waals surface area (Å²) in [6.07, 6.45) is 1.06. The average molecular weight is 325 g/mol. The molecule has 0 aliphatic rings. The third-order valence-corrected chi connectivity index (χ3v) is 3.38. The largest absolute Gasteiger partial charge is 0.508 e. The number of hydrogen-bond donors (Lipinski definition) is 3. The van der Waals surface area contributed by atoms with Crippen LogP contribution in [-0.4, -0.2) is 23.1 Å². The van der Waals surface area contributed by atoms with E-state index in [0.717, 1.165) is 11.1 Å². The number of aryl methyl sites for hydroxylation is 2. The minimum atomic E-state index is -0.521. The zero-order valence-electron chi connectivity index (χ0n) is 13.5. The number of carbonyl (C=O) groups excluding carboxylic acids is 2. The van der Waals surface area contributed by atoms with E-state index in [1.54, 1.807) is 18.2 Å². The van der Waals surface area contributed by atoms with Crippen molar-refractivity contribution in [3.8, 4) is 5.75 Å². The lowest BCUT2D eigenvalue weighted by atomic mass is 10.1. The summed E-state index contributed by atoms with van der Waals surface area (Å²) in [6, 6.07) is 12.0. The van der Waals surface area contributed by atoms with Gasteiger partial charge in [0.2, 0.25) is 11.8 Å². The van der Waals surface area contributed by atoms with Crippen LogP contribution in [0.5, 0.6) is 5.75 Å². The normalized spacial score (nSPS) is 10.6. The Hall–Kier alpha value is -3.15. The second-order valence-corrected chi connectivity index (χ2v) is 5.41. The first-order valence-electron chi connectivity index (χ1n) is 7.42. The fourth-order valence-corrected chi connectivity index (χ4v) is 1.99. The molecular formula is C18H19N3O3. The van der Waals surface area contributed by atoms with Crippen molar-refractivity contribution in [2.24, 2.45) is 5.10 Å². The number of aromatic hydroxyl groups is 1. The topological polar surface area (TPSA) is 90.8 Å². The fraction of sp³-hybridized carbons (Fsp3) is 0.167. The van der Waals surface area contributed by atoms with E-state index in [1.165, 1.54) is 18.3 Å². The maximum atomic E-state index is 11.8. The van der Waals surface area contributed by atoms with Gasteiger partial charge in [-0.1, -0.05) is 18.2 Å². The molecule has 2 aromatic rings. The number of rotatable bonds is 5. The molecule has 0 radical (unpaired) electrons. The van der Waals surface area contributed by atoms with Crippen LogP contribution < -0.4 is 10.7 Å². The Balaban J connectivity index is 1.83. The molecule has 0 bridgehead atoms. The number of nitrogens with zero attached hydrogens (tertiary/aromatic N) is 1. The molecule has 24 heavy (non-hydrogen) atoms. The Morgan fingerprint density at radius 3 is 2.58 bits per heavy atom. The first-order valence-corrected chi connectivity index (χ1v) is 7.42. The summed E-state index contributed by atoms with van der Waals surface area (Å²) < 4.78 is 0. The number of hydrazone groups is 1. The molecule has 2 aromatic carbocycles. The van der Waals surface area contributed by atoms with Gasteiger partial charge >= 0.3 is 0 Å². The van der Waals surface area contributed by atoms with Crippen LogP contribution in [0.25, 0.3) is 0 Å². The summed E-state index contributed by atoms with van der Waals surface area (Å²) in [4.78, 5) is 23.5. The van der Waals surface area contributed by atoms with Gasteiger partial charge in [-0.25, -0.2) is 5.43 Å². The zero-order chi connectivity index (χ0) is 17.5. The number of phenols is 1. The van der Waals surface area contributed by atoms with Gasteiger partial charge < -0.3 is 10.4 Å². The van der Waals surface area contributed by atoms with Crippen molar-refractivity contribution in [3.05, 3.63) is 59.2 Å². The molecule has 2 amide bonds. The first-order chi connectivity index (χ1) is 11.4. The average Bonchev–Trinajstić information content (AvgIpc) is 2.51. The standard InChI is InChI=1S/C18H19N3O3/c1-12-6-7-15(8-13(12)2)20-17(23)10-18(24)21-19-11-14-4-3-5-16(22)9-14/h3-9,11,22H,10H2,1-2H3,(H,20,23)(H,21,24). The number of phenolic OH excluding ortho intramolecular Hbond substituents is 1. The van der Waals surface area contributed by atoms with Crippen LogP contribution >= 0.6 is 0 Å². The Kier molecular flexibility index (Phi) is 5.68. The number of hydrogen-bond acceptors (Lipinski definition) is 4. The molecule has 0 spiro atoms. The summed E-state index contributed by atoms with van der Waals surface area (Å²) in [5, 5.41) is 15.7. The Labute approximate surface area is 140 Å². The summed E-state index contributed by atoms with van der Waals surface area (Å²) in [5.41, 5.74) is 5.76. The van der Waals surface area contributed by atoms with Gasteiger partial charge in [-0.2, -0.15) is 5.10 Å². The number of carbonyl (C=O) groups is 2. The van der Waals surface area contributed by atoms with E-state index in [9.17, 15) is 14.7 Å². The number of nitrogens with one attached hydrogen (secondary N) is 2. The summed E-state index contributed by atoms with van der Waals surface area (Å²) in [7, 11) is 0. The van der Waals surface area contributed by atoms with Crippen LogP contribution in [0, 0.1) is 13.8 Å². The van der Waals surface area contributed by atoms with E-state index in [0.29, 0.717) is 11.3 Å². The zero-order valence-corrected chi connectivity index (χ0v) is 13.5. The monoisotopic (exact) mass is 325 g/mol. The lowest BCUT2D eigenvalue weighted by molar-refractivity contribution is -0.126. The molecule has 0 atom stereocenters. The minimum absolute atomic E-state index is 0.109. The first kappa shape index (κ1) is 17.2. The molecule has 0 aliphatic heterocycles.